The number of piperidine rings is 1. The third kappa shape index (κ3) is 8.26. The van der Waals surface area contributed by atoms with Crippen molar-refractivity contribution in [3.63, 3.8) is 0 Å². The number of benzene rings is 2. The molecule has 2 fully saturated rings. The standard InChI is InChI=1S/C33H44N4O6/c1-23-18-25(8-9-29(23)43-26-10-12-37(13-11-26)32(38)19-24-6-4-5-7-24)36-33-27-20-30(41-16-14-39-2)31(42-17-15-40-3)21-28(27)34-22-35-33/h8-9,18,20-22,24,26H,4-7,10-17,19H2,1-3H3,(H,34,35,36). The van der Waals surface area contributed by atoms with Gasteiger partial charge in [-0.25, -0.2) is 9.97 Å². The zero-order chi connectivity index (χ0) is 30.0. The molecule has 0 atom stereocenters. The van der Waals surface area contributed by atoms with E-state index in [0.29, 0.717) is 62.0 Å². The Morgan fingerprint density at radius 3 is 2.26 bits per heavy atom. The molecule has 0 unspecified atom stereocenters. The van der Waals surface area contributed by atoms with Crippen LogP contribution in [0.2, 0.25) is 0 Å². The average Bonchev–Trinajstić information content (AvgIpc) is 3.52. The summed E-state index contributed by atoms with van der Waals surface area (Å²) in [6.07, 6.45) is 9.02. The Kier molecular flexibility index (Phi) is 10.9. The summed E-state index contributed by atoms with van der Waals surface area (Å²) in [5, 5.41) is 4.25. The average molecular weight is 593 g/mol. The molecule has 43 heavy (non-hydrogen) atoms. The van der Waals surface area contributed by atoms with Crippen molar-refractivity contribution < 1.29 is 28.5 Å². The predicted octanol–water partition coefficient (Wildman–Crippen LogP) is 5.68. The quantitative estimate of drug-likeness (QED) is 0.237. The Balaban J connectivity index is 1.22. The van der Waals surface area contributed by atoms with E-state index in [2.05, 4.69) is 21.4 Å². The molecule has 2 aromatic carbocycles. The number of hydrogen-bond donors (Lipinski definition) is 1. The summed E-state index contributed by atoms with van der Waals surface area (Å²) >= 11 is 0. The van der Waals surface area contributed by atoms with E-state index in [4.69, 9.17) is 23.7 Å². The molecule has 0 bridgehead atoms. The molecule has 10 nitrogen and oxygen atoms in total. The topological polar surface area (TPSA) is 104 Å². The van der Waals surface area contributed by atoms with Gasteiger partial charge in [-0.2, -0.15) is 0 Å². The number of aryl methyl sites for hydroxylation is 1. The van der Waals surface area contributed by atoms with Crippen molar-refractivity contribution in [1.29, 1.82) is 0 Å². The van der Waals surface area contributed by atoms with Gasteiger partial charge in [-0.15, -0.1) is 0 Å². The van der Waals surface area contributed by atoms with Crippen molar-refractivity contribution in [3.8, 4) is 17.2 Å². The fraction of sp³-hybridized carbons (Fsp3) is 0.545. The second-order valence-electron chi connectivity index (χ2n) is 11.4. The minimum absolute atomic E-state index is 0.107. The van der Waals surface area contributed by atoms with Crippen LogP contribution in [0.4, 0.5) is 11.5 Å². The molecule has 1 N–H and O–H groups in total. The summed E-state index contributed by atoms with van der Waals surface area (Å²) in [6.45, 7) is 5.28. The number of rotatable bonds is 14. The van der Waals surface area contributed by atoms with E-state index in [1.807, 2.05) is 36.1 Å². The van der Waals surface area contributed by atoms with E-state index >= 15 is 0 Å². The number of amides is 1. The first-order valence-electron chi connectivity index (χ1n) is 15.4. The number of nitrogens with one attached hydrogen (secondary N) is 1. The highest BCUT2D eigenvalue weighted by Crippen LogP contribution is 2.36. The Hall–Kier alpha value is -3.63. The van der Waals surface area contributed by atoms with Crippen molar-refractivity contribution in [1.82, 2.24) is 14.9 Å². The molecule has 1 saturated heterocycles. The third-order valence-corrected chi connectivity index (χ3v) is 8.25. The summed E-state index contributed by atoms with van der Waals surface area (Å²) in [5.74, 6) is 3.60. The molecule has 10 heteroatoms. The number of aromatic nitrogens is 2. The molecule has 5 rings (SSSR count). The minimum atomic E-state index is 0.107. The van der Waals surface area contributed by atoms with Gasteiger partial charge in [-0.1, -0.05) is 12.8 Å². The van der Waals surface area contributed by atoms with Crippen LogP contribution in [0.3, 0.4) is 0 Å². The number of hydrogen-bond acceptors (Lipinski definition) is 9. The monoisotopic (exact) mass is 592 g/mol. The molecular weight excluding hydrogens is 548 g/mol. The Morgan fingerprint density at radius 1 is 0.884 bits per heavy atom. The van der Waals surface area contributed by atoms with E-state index in [0.717, 1.165) is 53.8 Å². The van der Waals surface area contributed by atoms with Gasteiger partial charge < -0.3 is 33.9 Å². The van der Waals surface area contributed by atoms with Gasteiger partial charge in [0, 0.05) is 63.7 Å². The van der Waals surface area contributed by atoms with Crippen LogP contribution in [0.5, 0.6) is 17.2 Å². The number of anilines is 2. The summed E-state index contributed by atoms with van der Waals surface area (Å²) in [5.41, 5.74) is 2.65. The Labute approximate surface area is 254 Å². The van der Waals surface area contributed by atoms with Crippen LogP contribution in [-0.2, 0) is 14.3 Å². The zero-order valence-corrected chi connectivity index (χ0v) is 25.6. The number of ether oxygens (including phenoxy) is 5. The third-order valence-electron chi connectivity index (χ3n) is 8.25. The van der Waals surface area contributed by atoms with Crippen molar-refractivity contribution in [2.75, 3.05) is 59.1 Å². The van der Waals surface area contributed by atoms with E-state index in [-0.39, 0.29) is 6.10 Å². The molecule has 2 aliphatic rings. The first-order valence-corrected chi connectivity index (χ1v) is 15.4. The molecule has 0 radical (unpaired) electrons. The van der Waals surface area contributed by atoms with Gasteiger partial charge in [0.15, 0.2) is 11.5 Å². The molecule has 1 aromatic heterocycles. The maximum Gasteiger partial charge on any atom is 0.222 e. The predicted molar refractivity (Wildman–Crippen MR) is 166 cm³/mol. The number of nitrogens with zero attached hydrogens (tertiary/aromatic N) is 3. The molecular formula is C33H44N4O6. The van der Waals surface area contributed by atoms with E-state index in [9.17, 15) is 4.79 Å². The molecule has 1 aliphatic carbocycles. The molecule has 232 valence electrons. The second-order valence-corrected chi connectivity index (χ2v) is 11.4. The van der Waals surface area contributed by atoms with Crippen molar-refractivity contribution >= 4 is 28.3 Å². The number of methoxy groups -OCH3 is 2. The number of carbonyl (C=O) groups is 1. The SMILES string of the molecule is COCCOc1cc2ncnc(Nc3ccc(OC4CCN(C(=O)CC5CCCC5)CC4)c(C)c3)c2cc1OCCOC. The normalized spacial score (nSPS) is 16.0. The molecule has 2 heterocycles. The first kappa shape index (κ1) is 30.8. The van der Waals surface area contributed by atoms with Crippen molar-refractivity contribution in [2.45, 2.75) is 58.0 Å². The highest BCUT2D eigenvalue weighted by Gasteiger charge is 2.27. The van der Waals surface area contributed by atoms with Crippen LogP contribution in [-0.4, -0.2) is 80.6 Å². The van der Waals surface area contributed by atoms with Crippen LogP contribution in [0.1, 0.15) is 50.5 Å². The van der Waals surface area contributed by atoms with Gasteiger partial charge in [0.1, 0.15) is 37.2 Å². The largest absolute Gasteiger partial charge is 0.490 e. The van der Waals surface area contributed by atoms with Crippen LogP contribution in [0, 0.1) is 12.8 Å². The smallest absolute Gasteiger partial charge is 0.222 e. The fourth-order valence-corrected chi connectivity index (χ4v) is 5.85. The summed E-state index contributed by atoms with van der Waals surface area (Å²) < 4.78 is 28.5. The van der Waals surface area contributed by atoms with E-state index in [1.165, 1.54) is 32.0 Å². The van der Waals surface area contributed by atoms with E-state index in [1.54, 1.807) is 14.2 Å². The lowest BCUT2D eigenvalue weighted by Gasteiger charge is -2.33. The summed E-state index contributed by atoms with van der Waals surface area (Å²) in [6, 6.07) is 9.80. The minimum Gasteiger partial charge on any atom is -0.490 e. The van der Waals surface area contributed by atoms with Gasteiger partial charge in [-0.05, 0) is 55.5 Å². The molecule has 1 saturated carbocycles. The molecule has 0 spiro atoms. The first-order chi connectivity index (χ1) is 21.0. The van der Waals surface area contributed by atoms with E-state index < -0.39 is 0 Å². The molecule has 1 amide bonds. The second kappa shape index (κ2) is 15.2. The van der Waals surface area contributed by atoms with Gasteiger partial charge >= 0.3 is 0 Å². The van der Waals surface area contributed by atoms with Crippen LogP contribution in [0.15, 0.2) is 36.7 Å². The van der Waals surface area contributed by atoms with Crippen LogP contribution < -0.4 is 19.5 Å². The number of fused-ring (bicyclic) bond motifs is 1. The lowest BCUT2D eigenvalue weighted by molar-refractivity contribution is -0.134. The Bertz CT molecular complexity index is 1350. The number of likely N-dealkylation sites (tertiary alicyclic amines) is 1. The lowest BCUT2D eigenvalue weighted by Crippen LogP contribution is -2.42. The van der Waals surface area contributed by atoms with Gasteiger partial charge in [0.05, 0.1) is 18.7 Å². The zero-order valence-electron chi connectivity index (χ0n) is 25.6. The van der Waals surface area contributed by atoms with Gasteiger partial charge in [-0.3, -0.25) is 4.79 Å². The lowest BCUT2D eigenvalue weighted by atomic mass is 10.0. The van der Waals surface area contributed by atoms with Crippen LogP contribution >= 0.6 is 0 Å². The van der Waals surface area contributed by atoms with Crippen molar-refractivity contribution in [2.24, 2.45) is 5.92 Å². The molecule has 3 aromatic rings. The van der Waals surface area contributed by atoms with Crippen LogP contribution in [0.25, 0.3) is 10.9 Å². The Morgan fingerprint density at radius 2 is 1.58 bits per heavy atom. The number of carbonyl (C=O) groups excluding carboxylic acids is 1. The fourth-order valence-electron chi connectivity index (χ4n) is 5.85. The summed E-state index contributed by atoms with van der Waals surface area (Å²) in [7, 11) is 3.27. The molecule has 1 aliphatic heterocycles. The summed E-state index contributed by atoms with van der Waals surface area (Å²) in [4.78, 5) is 23.7. The van der Waals surface area contributed by atoms with Gasteiger partial charge in [0.25, 0.3) is 0 Å². The maximum atomic E-state index is 12.7. The van der Waals surface area contributed by atoms with Gasteiger partial charge in [0.2, 0.25) is 5.91 Å². The highest BCUT2D eigenvalue weighted by molar-refractivity contribution is 5.93. The van der Waals surface area contributed by atoms with Crippen molar-refractivity contribution in [3.05, 3.63) is 42.2 Å². The maximum absolute atomic E-state index is 12.7. The highest BCUT2D eigenvalue weighted by atomic mass is 16.5.